The standard InChI is InChI=1S/C15H26O2/c1-4-6-7-8-9-10-11-12-13-15(16)17-14(3)5-2/h4-5,14H,1-2,6-13H2,3H3. The largest absolute Gasteiger partial charge is 0.458 e. The van der Waals surface area contributed by atoms with Crippen molar-refractivity contribution in [1.82, 2.24) is 0 Å². The van der Waals surface area contributed by atoms with E-state index >= 15 is 0 Å². The molecular formula is C15H26O2. The molecule has 0 rings (SSSR count). The summed E-state index contributed by atoms with van der Waals surface area (Å²) in [6.45, 7) is 9.10. The fourth-order valence-electron chi connectivity index (χ4n) is 1.58. The van der Waals surface area contributed by atoms with Gasteiger partial charge in [0.15, 0.2) is 0 Å². The van der Waals surface area contributed by atoms with E-state index in [1.165, 1.54) is 25.7 Å². The molecule has 98 valence electrons. The van der Waals surface area contributed by atoms with Crippen LogP contribution >= 0.6 is 0 Å². The summed E-state index contributed by atoms with van der Waals surface area (Å²) in [6.07, 6.45) is 12.1. The minimum atomic E-state index is -0.165. The molecule has 17 heavy (non-hydrogen) atoms. The van der Waals surface area contributed by atoms with Crippen molar-refractivity contribution in [3.05, 3.63) is 25.3 Å². The lowest BCUT2D eigenvalue weighted by molar-refractivity contribution is -0.146. The van der Waals surface area contributed by atoms with Crippen LogP contribution in [0, 0.1) is 0 Å². The Hall–Kier alpha value is -1.05. The molecule has 0 spiro atoms. The highest BCUT2D eigenvalue weighted by Gasteiger charge is 2.05. The van der Waals surface area contributed by atoms with E-state index in [2.05, 4.69) is 13.2 Å². The Bertz CT molecular complexity index is 221. The summed E-state index contributed by atoms with van der Waals surface area (Å²) >= 11 is 0. The van der Waals surface area contributed by atoms with E-state index in [1.807, 2.05) is 13.0 Å². The highest BCUT2D eigenvalue weighted by Crippen LogP contribution is 2.09. The maximum atomic E-state index is 11.3. The molecule has 0 aliphatic carbocycles. The second kappa shape index (κ2) is 11.4. The first-order valence-corrected chi connectivity index (χ1v) is 6.63. The van der Waals surface area contributed by atoms with Gasteiger partial charge in [-0.2, -0.15) is 0 Å². The number of allylic oxidation sites excluding steroid dienone is 1. The molecule has 0 aliphatic rings. The van der Waals surface area contributed by atoms with Crippen LogP contribution in [-0.4, -0.2) is 12.1 Å². The Morgan fingerprint density at radius 1 is 1.12 bits per heavy atom. The van der Waals surface area contributed by atoms with Crippen molar-refractivity contribution in [2.75, 3.05) is 0 Å². The lowest BCUT2D eigenvalue weighted by atomic mass is 10.1. The molecule has 0 aromatic rings. The van der Waals surface area contributed by atoms with E-state index < -0.39 is 0 Å². The molecule has 0 saturated heterocycles. The highest BCUT2D eigenvalue weighted by atomic mass is 16.5. The van der Waals surface area contributed by atoms with Crippen molar-refractivity contribution >= 4 is 5.97 Å². The van der Waals surface area contributed by atoms with Gasteiger partial charge in [0, 0.05) is 6.42 Å². The van der Waals surface area contributed by atoms with Gasteiger partial charge in [0.2, 0.25) is 0 Å². The molecule has 2 nitrogen and oxygen atoms in total. The van der Waals surface area contributed by atoms with E-state index in [1.54, 1.807) is 6.08 Å². The Kier molecular flexibility index (Phi) is 10.7. The maximum Gasteiger partial charge on any atom is 0.306 e. The van der Waals surface area contributed by atoms with Gasteiger partial charge in [0.1, 0.15) is 6.10 Å². The topological polar surface area (TPSA) is 26.3 Å². The van der Waals surface area contributed by atoms with Crippen LogP contribution in [0.1, 0.15) is 58.3 Å². The third kappa shape index (κ3) is 11.2. The minimum Gasteiger partial charge on any atom is -0.458 e. The van der Waals surface area contributed by atoms with E-state index in [0.717, 1.165) is 19.3 Å². The summed E-state index contributed by atoms with van der Waals surface area (Å²) in [4.78, 5) is 11.3. The number of hydrogen-bond acceptors (Lipinski definition) is 2. The van der Waals surface area contributed by atoms with Crippen LogP contribution in [0.2, 0.25) is 0 Å². The molecule has 0 radical (unpaired) electrons. The fraction of sp³-hybridized carbons (Fsp3) is 0.667. The molecule has 0 bridgehead atoms. The van der Waals surface area contributed by atoms with Crippen LogP contribution in [-0.2, 0) is 9.53 Å². The lowest BCUT2D eigenvalue weighted by Gasteiger charge is -2.08. The van der Waals surface area contributed by atoms with Gasteiger partial charge in [-0.25, -0.2) is 0 Å². The van der Waals surface area contributed by atoms with Gasteiger partial charge in [-0.3, -0.25) is 4.79 Å². The average Bonchev–Trinajstić information content (AvgIpc) is 2.32. The van der Waals surface area contributed by atoms with E-state index in [9.17, 15) is 4.79 Å². The number of rotatable bonds is 11. The molecule has 0 aromatic carbocycles. The third-order valence-electron chi connectivity index (χ3n) is 2.69. The summed E-state index contributed by atoms with van der Waals surface area (Å²) in [7, 11) is 0. The normalized spacial score (nSPS) is 11.8. The molecule has 2 heteroatoms. The van der Waals surface area contributed by atoms with Crippen LogP contribution in [0.5, 0.6) is 0 Å². The molecule has 0 saturated carbocycles. The zero-order chi connectivity index (χ0) is 12.9. The van der Waals surface area contributed by atoms with Gasteiger partial charge in [-0.1, -0.05) is 44.4 Å². The summed E-state index contributed by atoms with van der Waals surface area (Å²) in [5.74, 6) is -0.107. The predicted molar refractivity (Wildman–Crippen MR) is 72.9 cm³/mol. The van der Waals surface area contributed by atoms with Crippen molar-refractivity contribution in [3.63, 3.8) is 0 Å². The fourth-order valence-corrected chi connectivity index (χ4v) is 1.58. The van der Waals surface area contributed by atoms with Crippen LogP contribution in [0.25, 0.3) is 0 Å². The van der Waals surface area contributed by atoms with E-state index in [4.69, 9.17) is 4.74 Å². The molecule has 0 fully saturated rings. The van der Waals surface area contributed by atoms with Crippen LogP contribution < -0.4 is 0 Å². The molecule has 0 aliphatic heterocycles. The molecule has 1 atom stereocenters. The Labute approximate surface area is 106 Å². The van der Waals surface area contributed by atoms with Crippen molar-refractivity contribution < 1.29 is 9.53 Å². The number of carbonyl (C=O) groups is 1. The summed E-state index contributed by atoms with van der Waals surface area (Å²) < 4.78 is 5.09. The predicted octanol–water partition coefficient (Wildman–Crippen LogP) is 4.41. The van der Waals surface area contributed by atoms with Gasteiger partial charge in [-0.05, 0) is 26.2 Å². The van der Waals surface area contributed by atoms with Gasteiger partial charge in [0.05, 0.1) is 0 Å². The number of ether oxygens (including phenoxy) is 1. The van der Waals surface area contributed by atoms with Gasteiger partial charge in [-0.15, -0.1) is 6.58 Å². The summed E-state index contributed by atoms with van der Waals surface area (Å²) in [6, 6.07) is 0. The lowest BCUT2D eigenvalue weighted by Crippen LogP contribution is -2.11. The van der Waals surface area contributed by atoms with E-state index in [0.29, 0.717) is 6.42 Å². The first-order chi connectivity index (χ1) is 8.20. The van der Waals surface area contributed by atoms with Gasteiger partial charge >= 0.3 is 5.97 Å². The molecule has 0 amide bonds. The first kappa shape index (κ1) is 16.0. The molecule has 0 heterocycles. The zero-order valence-corrected chi connectivity index (χ0v) is 11.1. The van der Waals surface area contributed by atoms with Crippen LogP contribution in [0.15, 0.2) is 25.3 Å². The Morgan fingerprint density at radius 3 is 2.29 bits per heavy atom. The number of hydrogen-bond donors (Lipinski definition) is 0. The zero-order valence-electron chi connectivity index (χ0n) is 11.1. The SMILES string of the molecule is C=CCCCCCCCCC(=O)OC(C)C=C. The van der Waals surface area contributed by atoms with Crippen LogP contribution in [0.3, 0.4) is 0 Å². The molecule has 0 aromatic heterocycles. The second-order valence-electron chi connectivity index (χ2n) is 4.38. The van der Waals surface area contributed by atoms with Crippen molar-refractivity contribution in [2.24, 2.45) is 0 Å². The molecule has 1 unspecified atom stereocenters. The van der Waals surface area contributed by atoms with Gasteiger partial charge in [0.25, 0.3) is 0 Å². The summed E-state index contributed by atoms with van der Waals surface area (Å²) in [5, 5.41) is 0. The third-order valence-corrected chi connectivity index (χ3v) is 2.69. The summed E-state index contributed by atoms with van der Waals surface area (Å²) in [5.41, 5.74) is 0. The maximum absolute atomic E-state index is 11.3. The van der Waals surface area contributed by atoms with Crippen molar-refractivity contribution in [2.45, 2.75) is 64.4 Å². The van der Waals surface area contributed by atoms with Crippen molar-refractivity contribution in [1.29, 1.82) is 0 Å². The quantitative estimate of drug-likeness (QED) is 0.303. The van der Waals surface area contributed by atoms with Gasteiger partial charge < -0.3 is 4.74 Å². The number of unbranched alkanes of at least 4 members (excludes halogenated alkanes) is 6. The molecule has 0 N–H and O–H groups in total. The average molecular weight is 238 g/mol. The second-order valence-corrected chi connectivity index (χ2v) is 4.38. The Balaban J connectivity index is 3.24. The minimum absolute atomic E-state index is 0.107. The highest BCUT2D eigenvalue weighted by molar-refractivity contribution is 5.69. The van der Waals surface area contributed by atoms with Crippen molar-refractivity contribution in [3.8, 4) is 0 Å². The number of carbonyl (C=O) groups excluding carboxylic acids is 1. The Morgan fingerprint density at radius 2 is 1.71 bits per heavy atom. The van der Waals surface area contributed by atoms with Crippen LogP contribution in [0.4, 0.5) is 0 Å². The molecular weight excluding hydrogens is 212 g/mol. The smallest absolute Gasteiger partial charge is 0.306 e. The monoisotopic (exact) mass is 238 g/mol. The first-order valence-electron chi connectivity index (χ1n) is 6.63. The number of esters is 1. The van der Waals surface area contributed by atoms with E-state index in [-0.39, 0.29) is 12.1 Å².